The Hall–Kier alpha value is -0.650. The van der Waals surface area contributed by atoms with Gasteiger partial charge in [-0.3, -0.25) is 9.18 Å². The van der Waals surface area contributed by atoms with Crippen molar-refractivity contribution in [3.05, 3.63) is 27.8 Å². The maximum atomic E-state index is 11.8. The highest BCUT2D eigenvalue weighted by Gasteiger charge is 2.06. The van der Waals surface area contributed by atoms with E-state index in [1.807, 2.05) is 12.1 Å². The molecule has 76 valence electrons. The summed E-state index contributed by atoms with van der Waals surface area (Å²) in [7, 11) is 0. The van der Waals surface area contributed by atoms with Crippen LogP contribution >= 0.6 is 22.6 Å². The van der Waals surface area contributed by atoms with E-state index in [1.54, 1.807) is 12.1 Å². The van der Waals surface area contributed by atoms with Crippen LogP contribution in [0.5, 0.6) is 5.75 Å². The van der Waals surface area contributed by atoms with Gasteiger partial charge in [-0.2, -0.15) is 0 Å². The summed E-state index contributed by atoms with van der Waals surface area (Å²) >= 11 is 2.08. The first kappa shape index (κ1) is 11.4. The second-order valence-electron chi connectivity index (χ2n) is 2.70. The first-order valence-corrected chi connectivity index (χ1v) is 5.33. The summed E-state index contributed by atoms with van der Waals surface area (Å²) in [5, 5.41) is 0. The minimum atomic E-state index is -0.485. The van der Waals surface area contributed by atoms with Gasteiger partial charge in [0.05, 0.1) is 10.2 Å². The van der Waals surface area contributed by atoms with E-state index in [0.29, 0.717) is 5.75 Å². The largest absolute Gasteiger partial charge is 0.425 e. The van der Waals surface area contributed by atoms with Crippen LogP contribution in [0.2, 0.25) is 0 Å². The maximum absolute atomic E-state index is 11.8. The fourth-order valence-electron chi connectivity index (χ4n) is 0.912. The fraction of sp³-hybridized carbons (Fsp3) is 0.300. The molecule has 0 bridgehead atoms. The highest BCUT2D eigenvalue weighted by Crippen LogP contribution is 2.20. The molecule has 0 fully saturated rings. The van der Waals surface area contributed by atoms with Gasteiger partial charge >= 0.3 is 5.97 Å². The lowest BCUT2D eigenvalue weighted by molar-refractivity contribution is -0.134. The number of esters is 1. The third-order valence-electron chi connectivity index (χ3n) is 1.57. The third-order valence-corrected chi connectivity index (χ3v) is 2.47. The van der Waals surface area contributed by atoms with Crippen molar-refractivity contribution in [1.29, 1.82) is 0 Å². The molecule has 0 saturated heterocycles. The van der Waals surface area contributed by atoms with Gasteiger partial charge in [0.15, 0.2) is 0 Å². The zero-order valence-electron chi connectivity index (χ0n) is 7.50. The quantitative estimate of drug-likeness (QED) is 0.486. The van der Waals surface area contributed by atoms with Crippen LogP contribution in [0.3, 0.4) is 0 Å². The van der Waals surface area contributed by atoms with Gasteiger partial charge in [-0.05, 0) is 41.1 Å². The van der Waals surface area contributed by atoms with Gasteiger partial charge in [0.1, 0.15) is 5.75 Å². The lowest BCUT2D eigenvalue weighted by Gasteiger charge is -2.04. The third kappa shape index (κ3) is 3.61. The minimum Gasteiger partial charge on any atom is -0.425 e. The van der Waals surface area contributed by atoms with Gasteiger partial charge < -0.3 is 4.74 Å². The van der Waals surface area contributed by atoms with Crippen LogP contribution in [0.1, 0.15) is 12.8 Å². The number of para-hydroxylation sites is 1. The highest BCUT2D eigenvalue weighted by molar-refractivity contribution is 14.1. The van der Waals surface area contributed by atoms with Crippen LogP contribution in [-0.4, -0.2) is 12.6 Å². The topological polar surface area (TPSA) is 26.3 Å². The molecule has 0 spiro atoms. The summed E-state index contributed by atoms with van der Waals surface area (Å²) in [6.07, 6.45) is 0.351. The highest BCUT2D eigenvalue weighted by atomic mass is 127. The Morgan fingerprint density at radius 2 is 2.14 bits per heavy atom. The number of rotatable bonds is 4. The van der Waals surface area contributed by atoms with Gasteiger partial charge in [-0.15, -0.1) is 0 Å². The lowest BCUT2D eigenvalue weighted by Crippen LogP contribution is -2.08. The molecule has 0 aromatic heterocycles. The maximum Gasteiger partial charge on any atom is 0.311 e. The van der Waals surface area contributed by atoms with Crippen LogP contribution in [0.4, 0.5) is 4.39 Å². The number of benzene rings is 1. The number of ether oxygens (including phenoxy) is 1. The van der Waals surface area contributed by atoms with Gasteiger partial charge in [-0.1, -0.05) is 12.1 Å². The van der Waals surface area contributed by atoms with Crippen molar-refractivity contribution in [3.8, 4) is 5.75 Å². The molecule has 0 aliphatic heterocycles. The summed E-state index contributed by atoms with van der Waals surface area (Å²) in [6, 6.07) is 7.22. The number of hydrogen-bond donors (Lipinski definition) is 0. The van der Waals surface area contributed by atoms with Gasteiger partial charge in [0.25, 0.3) is 0 Å². The molecule has 0 aliphatic rings. The van der Waals surface area contributed by atoms with Crippen LogP contribution in [-0.2, 0) is 4.79 Å². The van der Waals surface area contributed by atoms with E-state index in [0.717, 1.165) is 3.57 Å². The average Bonchev–Trinajstić information content (AvgIpc) is 2.18. The van der Waals surface area contributed by atoms with Crippen molar-refractivity contribution >= 4 is 28.6 Å². The Labute approximate surface area is 95.6 Å². The Morgan fingerprint density at radius 1 is 1.43 bits per heavy atom. The van der Waals surface area contributed by atoms with E-state index in [-0.39, 0.29) is 18.8 Å². The fourth-order valence-corrected chi connectivity index (χ4v) is 1.41. The van der Waals surface area contributed by atoms with E-state index < -0.39 is 6.67 Å². The normalized spacial score (nSPS) is 9.86. The minimum absolute atomic E-state index is 0.126. The summed E-state index contributed by atoms with van der Waals surface area (Å²) in [5.41, 5.74) is 0. The first-order chi connectivity index (χ1) is 6.74. The zero-order chi connectivity index (χ0) is 10.4. The average molecular weight is 308 g/mol. The molecule has 0 N–H and O–H groups in total. The van der Waals surface area contributed by atoms with Crippen LogP contribution < -0.4 is 4.74 Å². The Bertz CT molecular complexity index is 315. The molecule has 0 saturated carbocycles. The van der Waals surface area contributed by atoms with E-state index in [1.165, 1.54) is 0 Å². The molecule has 1 aromatic rings. The molecule has 0 heterocycles. The molecule has 0 atom stereocenters. The first-order valence-electron chi connectivity index (χ1n) is 4.25. The van der Waals surface area contributed by atoms with E-state index in [9.17, 15) is 9.18 Å². The zero-order valence-corrected chi connectivity index (χ0v) is 9.66. The van der Waals surface area contributed by atoms with E-state index in [2.05, 4.69) is 22.6 Å². The smallest absolute Gasteiger partial charge is 0.311 e. The molecule has 1 rings (SSSR count). The van der Waals surface area contributed by atoms with Crippen molar-refractivity contribution in [2.45, 2.75) is 12.8 Å². The Kier molecular flexibility index (Phi) is 4.86. The molecule has 0 aliphatic carbocycles. The predicted molar refractivity (Wildman–Crippen MR) is 60.0 cm³/mol. The molecular formula is C10H10FIO2. The second kappa shape index (κ2) is 5.95. The van der Waals surface area contributed by atoms with Crippen molar-refractivity contribution in [3.63, 3.8) is 0 Å². The number of alkyl halides is 1. The van der Waals surface area contributed by atoms with Gasteiger partial charge in [0, 0.05) is 6.42 Å². The molecule has 14 heavy (non-hydrogen) atoms. The summed E-state index contributed by atoms with van der Waals surface area (Å²) in [4.78, 5) is 11.1. The monoisotopic (exact) mass is 308 g/mol. The number of halogens is 2. The SMILES string of the molecule is O=C(CCCF)Oc1ccccc1I. The van der Waals surface area contributed by atoms with Crippen LogP contribution in [0.25, 0.3) is 0 Å². The molecule has 4 heteroatoms. The summed E-state index contributed by atoms with van der Waals surface area (Å²) in [5.74, 6) is 0.156. The molecule has 0 unspecified atom stereocenters. The van der Waals surface area contributed by atoms with E-state index >= 15 is 0 Å². The Morgan fingerprint density at radius 3 is 2.79 bits per heavy atom. The Balaban J connectivity index is 2.52. The molecule has 0 radical (unpaired) electrons. The molecule has 0 amide bonds. The summed E-state index contributed by atoms with van der Waals surface area (Å²) < 4.78 is 17.7. The molecule has 2 nitrogen and oxygen atoms in total. The van der Waals surface area contributed by atoms with Gasteiger partial charge in [0.2, 0.25) is 0 Å². The standard InChI is InChI=1S/C10H10FIO2/c11-7-3-6-10(13)14-9-5-2-1-4-8(9)12/h1-2,4-5H,3,6-7H2. The molecular weight excluding hydrogens is 298 g/mol. The molecule has 1 aromatic carbocycles. The van der Waals surface area contributed by atoms with Crippen molar-refractivity contribution < 1.29 is 13.9 Å². The summed E-state index contributed by atoms with van der Waals surface area (Å²) in [6.45, 7) is -0.485. The van der Waals surface area contributed by atoms with Crippen molar-refractivity contribution in [2.75, 3.05) is 6.67 Å². The predicted octanol–water partition coefficient (Wildman–Crippen LogP) is 2.95. The number of carbonyl (C=O) groups excluding carboxylic acids is 1. The van der Waals surface area contributed by atoms with E-state index in [4.69, 9.17) is 4.74 Å². The lowest BCUT2D eigenvalue weighted by atomic mass is 10.3. The van der Waals surface area contributed by atoms with Crippen molar-refractivity contribution in [1.82, 2.24) is 0 Å². The van der Waals surface area contributed by atoms with Crippen LogP contribution in [0.15, 0.2) is 24.3 Å². The van der Waals surface area contributed by atoms with Crippen LogP contribution in [0, 0.1) is 3.57 Å². The van der Waals surface area contributed by atoms with Gasteiger partial charge in [-0.25, -0.2) is 0 Å². The number of carbonyl (C=O) groups is 1. The second-order valence-corrected chi connectivity index (χ2v) is 3.86. The van der Waals surface area contributed by atoms with Crippen molar-refractivity contribution in [2.24, 2.45) is 0 Å². The number of hydrogen-bond acceptors (Lipinski definition) is 2.